The van der Waals surface area contributed by atoms with Crippen molar-refractivity contribution in [2.24, 2.45) is 4.99 Å². The normalized spacial score (nSPS) is 16.7. The average molecular weight is 531 g/mol. The van der Waals surface area contributed by atoms with E-state index in [9.17, 15) is 13.2 Å². The summed E-state index contributed by atoms with van der Waals surface area (Å²) in [4.78, 5) is 10.8. The second kappa shape index (κ2) is 13.1. The molecule has 1 atom stereocenters. The highest BCUT2D eigenvalue weighted by atomic mass is 127. The summed E-state index contributed by atoms with van der Waals surface area (Å²) in [6.45, 7) is 7.97. The Balaban J connectivity index is 0.00000420. The molecule has 0 bridgehead atoms. The number of hydrogen-bond acceptors (Lipinski definition) is 5. The number of morpholine rings is 1. The lowest BCUT2D eigenvalue weighted by Crippen LogP contribution is -2.49. The zero-order valence-corrected chi connectivity index (χ0v) is 19.0. The van der Waals surface area contributed by atoms with Crippen molar-refractivity contribution < 1.29 is 22.6 Å². The van der Waals surface area contributed by atoms with E-state index in [1.165, 1.54) is 12.3 Å². The Hall–Kier alpha value is -1.34. The first-order chi connectivity index (χ1) is 13.4. The molecule has 1 aliphatic heterocycles. The number of aromatic nitrogens is 1. The maximum absolute atomic E-state index is 12.2. The zero-order chi connectivity index (χ0) is 20.4. The van der Waals surface area contributed by atoms with Gasteiger partial charge in [-0.15, -0.1) is 24.0 Å². The van der Waals surface area contributed by atoms with E-state index in [4.69, 9.17) is 4.74 Å². The summed E-state index contributed by atoms with van der Waals surface area (Å²) < 4.78 is 46.4. The van der Waals surface area contributed by atoms with Crippen molar-refractivity contribution in [1.29, 1.82) is 0 Å². The standard InChI is InChI=1S/C18H28F3N5O2.HI/c1-3-22-17(24-10-14(2)26-6-8-27-9-7-26)25-12-15-4-5-16(23-11-15)28-13-18(19,20)21;/h4-5,11,14H,3,6-10,12-13H2,1-2H3,(H2,22,24,25);1H. The number of aliphatic imine (C=N–C) groups is 1. The second-order valence-electron chi connectivity index (χ2n) is 6.48. The van der Waals surface area contributed by atoms with Crippen molar-refractivity contribution in [1.82, 2.24) is 20.5 Å². The highest BCUT2D eigenvalue weighted by molar-refractivity contribution is 14.0. The summed E-state index contributed by atoms with van der Waals surface area (Å²) in [5.74, 6) is 0.620. The minimum atomic E-state index is -4.38. The number of nitrogens with zero attached hydrogens (tertiary/aromatic N) is 3. The molecule has 2 N–H and O–H groups in total. The van der Waals surface area contributed by atoms with Gasteiger partial charge in [0.2, 0.25) is 5.88 Å². The minimum Gasteiger partial charge on any atom is -0.468 e. The van der Waals surface area contributed by atoms with E-state index in [-0.39, 0.29) is 29.9 Å². The number of nitrogens with one attached hydrogen (secondary N) is 2. The molecule has 0 radical (unpaired) electrons. The van der Waals surface area contributed by atoms with Crippen LogP contribution in [0.3, 0.4) is 0 Å². The summed E-state index contributed by atoms with van der Waals surface area (Å²) in [6.07, 6.45) is -2.91. The fourth-order valence-electron chi connectivity index (χ4n) is 2.65. The van der Waals surface area contributed by atoms with Gasteiger partial charge in [-0.25, -0.2) is 9.98 Å². The van der Waals surface area contributed by atoms with Crippen molar-refractivity contribution in [2.75, 3.05) is 46.0 Å². The highest BCUT2D eigenvalue weighted by Crippen LogP contribution is 2.17. The molecule has 1 aliphatic rings. The van der Waals surface area contributed by atoms with E-state index >= 15 is 0 Å². The number of guanidine groups is 1. The molecule has 0 aromatic carbocycles. The van der Waals surface area contributed by atoms with Crippen LogP contribution in [0.5, 0.6) is 5.88 Å². The molecule has 1 saturated heterocycles. The van der Waals surface area contributed by atoms with Crippen molar-refractivity contribution in [3.05, 3.63) is 23.9 Å². The molecule has 0 aliphatic carbocycles. The van der Waals surface area contributed by atoms with Gasteiger partial charge >= 0.3 is 6.18 Å². The number of hydrogen-bond donors (Lipinski definition) is 2. The molecule has 1 aromatic rings. The largest absolute Gasteiger partial charge is 0.468 e. The maximum Gasteiger partial charge on any atom is 0.422 e. The lowest BCUT2D eigenvalue weighted by atomic mass is 10.2. The predicted molar refractivity (Wildman–Crippen MR) is 116 cm³/mol. The molecule has 29 heavy (non-hydrogen) atoms. The van der Waals surface area contributed by atoms with Gasteiger partial charge in [0.25, 0.3) is 0 Å². The van der Waals surface area contributed by atoms with Crippen LogP contribution in [0.1, 0.15) is 19.4 Å². The van der Waals surface area contributed by atoms with E-state index in [2.05, 4.69) is 37.2 Å². The number of pyridine rings is 1. The molecule has 1 fully saturated rings. The van der Waals surface area contributed by atoms with Gasteiger partial charge in [0.1, 0.15) is 0 Å². The Labute approximate surface area is 186 Å². The van der Waals surface area contributed by atoms with Crippen molar-refractivity contribution in [2.45, 2.75) is 32.6 Å². The first-order valence-corrected chi connectivity index (χ1v) is 9.36. The zero-order valence-electron chi connectivity index (χ0n) is 16.7. The van der Waals surface area contributed by atoms with Crippen LogP contribution in [0, 0.1) is 0 Å². The lowest BCUT2D eigenvalue weighted by Gasteiger charge is -2.32. The average Bonchev–Trinajstić information content (AvgIpc) is 2.69. The second-order valence-corrected chi connectivity index (χ2v) is 6.48. The molecule has 0 amide bonds. The lowest BCUT2D eigenvalue weighted by molar-refractivity contribution is -0.154. The van der Waals surface area contributed by atoms with E-state index in [1.807, 2.05) is 6.92 Å². The Bertz CT molecular complexity index is 611. The molecule has 1 aromatic heterocycles. The Morgan fingerprint density at radius 3 is 2.62 bits per heavy atom. The summed E-state index contributed by atoms with van der Waals surface area (Å²) in [6, 6.07) is 3.42. The summed E-state index contributed by atoms with van der Waals surface area (Å²) >= 11 is 0. The van der Waals surface area contributed by atoms with Gasteiger partial charge in [-0.3, -0.25) is 4.90 Å². The number of halogens is 4. The fraction of sp³-hybridized carbons (Fsp3) is 0.667. The van der Waals surface area contributed by atoms with Crippen LogP contribution in [-0.2, 0) is 11.3 Å². The smallest absolute Gasteiger partial charge is 0.422 e. The topological polar surface area (TPSA) is 71.0 Å². The van der Waals surface area contributed by atoms with Gasteiger partial charge in [-0.1, -0.05) is 6.07 Å². The van der Waals surface area contributed by atoms with Crippen LogP contribution in [0.15, 0.2) is 23.3 Å². The van der Waals surface area contributed by atoms with Crippen molar-refractivity contribution in [3.8, 4) is 5.88 Å². The van der Waals surface area contributed by atoms with Crippen LogP contribution in [0.2, 0.25) is 0 Å². The summed E-state index contributed by atoms with van der Waals surface area (Å²) in [5.41, 5.74) is 0.776. The van der Waals surface area contributed by atoms with Gasteiger partial charge in [0, 0.05) is 44.5 Å². The van der Waals surface area contributed by atoms with Crippen LogP contribution in [0.4, 0.5) is 13.2 Å². The third-order valence-corrected chi connectivity index (χ3v) is 4.18. The van der Waals surface area contributed by atoms with Gasteiger partial charge in [-0.05, 0) is 19.4 Å². The van der Waals surface area contributed by atoms with Crippen LogP contribution < -0.4 is 15.4 Å². The van der Waals surface area contributed by atoms with Gasteiger partial charge < -0.3 is 20.1 Å². The Morgan fingerprint density at radius 1 is 1.31 bits per heavy atom. The summed E-state index contributed by atoms with van der Waals surface area (Å²) in [7, 11) is 0. The molecule has 2 rings (SSSR count). The van der Waals surface area contributed by atoms with Crippen LogP contribution >= 0.6 is 24.0 Å². The maximum atomic E-state index is 12.2. The van der Waals surface area contributed by atoms with Crippen molar-refractivity contribution in [3.63, 3.8) is 0 Å². The van der Waals surface area contributed by atoms with Crippen molar-refractivity contribution >= 4 is 29.9 Å². The van der Waals surface area contributed by atoms with Gasteiger partial charge in [0.15, 0.2) is 12.6 Å². The Morgan fingerprint density at radius 2 is 2.03 bits per heavy atom. The van der Waals surface area contributed by atoms with Crippen LogP contribution in [0.25, 0.3) is 0 Å². The third-order valence-electron chi connectivity index (χ3n) is 4.18. The monoisotopic (exact) mass is 531 g/mol. The van der Waals surface area contributed by atoms with E-state index in [0.717, 1.165) is 45.0 Å². The molecule has 0 spiro atoms. The number of rotatable bonds is 8. The first kappa shape index (κ1) is 25.7. The summed E-state index contributed by atoms with van der Waals surface area (Å²) in [5, 5.41) is 6.51. The van der Waals surface area contributed by atoms with E-state index in [0.29, 0.717) is 18.5 Å². The molecule has 2 heterocycles. The molecule has 1 unspecified atom stereocenters. The SMILES string of the molecule is CCNC(=NCc1ccc(OCC(F)(F)F)nc1)NCC(C)N1CCOCC1.I. The molecule has 0 saturated carbocycles. The van der Waals surface area contributed by atoms with Gasteiger partial charge in [-0.2, -0.15) is 13.2 Å². The number of ether oxygens (including phenoxy) is 2. The molecule has 166 valence electrons. The molecule has 7 nitrogen and oxygen atoms in total. The third kappa shape index (κ3) is 10.3. The molecule has 11 heteroatoms. The highest BCUT2D eigenvalue weighted by Gasteiger charge is 2.28. The predicted octanol–water partition coefficient (Wildman–Crippen LogP) is 2.42. The van der Waals surface area contributed by atoms with Gasteiger partial charge in [0.05, 0.1) is 19.8 Å². The Kier molecular flexibility index (Phi) is 11.6. The minimum absolute atomic E-state index is 0. The number of alkyl halides is 3. The van der Waals surface area contributed by atoms with E-state index in [1.54, 1.807) is 6.07 Å². The quantitative estimate of drug-likeness (QED) is 0.305. The van der Waals surface area contributed by atoms with E-state index < -0.39 is 12.8 Å². The van der Waals surface area contributed by atoms with Crippen LogP contribution in [-0.4, -0.2) is 74.1 Å². The molecular formula is C18H29F3IN5O2. The molecular weight excluding hydrogens is 502 g/mol. The fourth-order valence-corrected chi connectivity index (χ4v) is 2.65. The first-order valence-electron chi connectivity index (χ1n) is 9.36.